The molecule has 0 aromatic heterocycles. The first-order valence-corrected chi connectivity index (χ1v) is 7.29. The third-order valence-corrected chi connectivity index (χ3v) is 3.38. The van der Waals surface area contributed by atoms with Gasteiger partial charge in [0.1, 0.15) is 10.8 Å². The molecule has 5 nitrogen and oxygen atoms in total. The van der Waals surface area contributed by atoms with Crippen molar-refractivity contribution in [3.05, 3.63) is 74.8 Å². The molecule has 0 N–H and O–H groups in total. The number of ketones is 1. The molecule has 0 saturated carbocycles. The first-order chi connectivity index (χ1) is 11.0. The number of nitro groups is 1. The second-order valence-corrected chi connectivity index (χ2v) is 5.00. The molecule has 0 aliphatic carbocycles. The summed E-state index contributed by atoms with van der Waals surface area (Å²) in [5.41, 5.74) is 0.665. The number of carbonyl (C=O) groups is 1. The Morgan fingerprint density at radius 3 is 2.74 bits per heavy atom. The predicted molar refractivity (Wildman–Crippen MR) is 89.1 cm³/mol. The summed E-state index contributed by atoms with van der Waals surface area (Å²) in [5, 5.41) is 10.9. The van der Waals surface area contributed by atoms with E-state index in [2.05, 4.69) is 0 Å². The minimum Gasteiger partial charge on any atom is -0.493 e. The van der Waals surface area contributed by atoms with Crippen LogP contribution in [0.15, 0.2) is 48.5 Å². The summed E-state index contributed by atoms with van der Waals surface area (Å²) in [6.45, 7) is 2.39. The van der Waals surface area contributed by atoms with Crippen LogP contribution in [0.5, 0.6) is 5.75 Å². The highest BCUT2D eigenvalue weighted by molar-refractivity contribution is 6.32. The molecule has 0 radical (unpaired) electrons. The van der Waals surface area contributed by atoms with Gasteiger partial charge in [-0.1, -0.05) is 29.8 Å². The van der Waals surface area contributed by atoms with Crippen molar-refractivity contribution >= 4 is 29.1 Å². The molecule has 2 rings (SSSR count). The first-order valence-electron chi connectivity index (χ1n) is 6.91. The predicted octanol–water partition coefficient (Wildman–Crippen LogP) is 4.54. The zero-order chi connectivity index (χ0) is 16.8. The van der Waals surface area contributed by atoms with Crippen molar-refractivity contribution in [1.82, 2.24) is 0 Å². The summed E-state index contributed by atoms with van der Waals surface area (Å²) in [7, 11) is 0. The Labute approximate surface area is 138 Å². The second kappa shape index (κ2) is 7.56. The maximum absolute atomic E-state index is 12.2. The molecule has 0 unspecified atom stereocenters. The third-order valence-electron chi connectivity index (χ3n) is 3.06. The zero-order valence-electron chi connectivity index (χ0n) is 12.4. The molecule has 0 saturated heterocycles. The number of hydrogen-bond acceptors (Lipinski definition) is 4. The number of rotatable bonds is 6. The van der Waals surface area contributed by atoms with Crippen LogP contribution in [-0.2, 0) is 0 Å². The molecular weight excluding hydrogens is 318 g/mol. The van der Waals surface area contributed by atoms with Gasteiger partial charge in [0.25, 0.3) is 5.69 Å². The minimum absolute atomic E-state index is 0.00257. The van der Waals surface area contributed by atoms with Crippen molar-refractivity contribution in [2.45, 2.75) is 6.92 Å². The Morgan fingerprint density at radius 2 is 2.04 bits per heavy atom. The molecule has 0 spiro atoms. The molecular formula is C17H14ClNO4. The summed E-state index contributed by atoms with van der Waals surface area (Å²) in [4.78, 5) is 22.4. The standard InChI is InChI=1S/C17H14ClNO4/c1-2-23-17-6-4-3-5-12(17)8-10-16(20)13-7-9-14(18)15(11-13)19(21)22/h3-11H,2H2,1H3/b10-8+. The van der Waals surface area contributed by atoms with Gasteiger partial charge in [0.05, 0.1) is 11.5 Å². The van der Waals surface area contributed by atoms with E-state index in [0.717, 1.165) is 5.56 Å². The van der Waals surface area contributed by atoms with Gasteiger partial charge < -0.3 is 4.74 Å². The van der Waals surface area contributed by atoms with Crippen molar-refractivity contribution in [3.8, 4) is 5.75 Å². The van der Waals surface area contributed by atoms with Crippen LogP contribution in [0.2, 0.25) is 5.02 Å². The summed E-state index contributed by atoms with van der Waals surface area (Å²) in [6.07, 6.45) is 2.97. The molecule has 0 aliphatic rings. The molecule has 0 fully saturated rings. The van der Waals surface area contributed by atoms with Crippen molar-refractivity contribution in [3.63, 3.8) is 0 Å². The number of allylic oxidation sites excluding steroid dienone is 1. The Bertz CT molecular complexity index is 771. The number of hydrogen-bond donors (Lipinski definition) is 0. The highest BCUT2D eigenvalue weighted by atomic mass is 35.5. The van der Waals surface area contributed by atoms with E-state index >= 15 is 0 Å². The average molecular weight is 332 g/mol. The minimum atomic E-state index is -0.618. The highest BCUT2D eigenvalue weighted by Gasteiger charge is 2.15. The van der Waals surface area contributed by atoms with Gasteiger partial charge >= 0.3 is 0 Å². The summed E-state index contributed by atoms with van der Waals surface area (Å²) in [6, 6.07) is 11.3. The van der Waals surface area contributed by atoms with E-state index in [1.54, 1.807) is 12.1 Å². The maximum atomic E-state index is 12.2. The number of halogens is 1. The van der Waals surface area contributed by atoms with Gasteiger partial charge in [-0.15, -0.1) is 0 Å². The normalized spacial score (nSPS) is 10.7. The topological polar surface area (TPSA) is 69.4 Å². The van der Waals surface area contributed by atoms with E-state index in [4.69, 9.17) is 16.3 Å². The number of benzene rings is 2. The van der Waals surface area contributed by atoms with Gasteiger partial charge in [0.2, 0.25) is 0 Å². The lowest BCUT2D eigenvalue weighted by Gasteiger charge is -2.06. The maximum Gasteiger partial charge on any atom is 0.288 e. The second-order valence-electron chi connectivity index (χ2n) is 4.59. The Kier molecular flexibility index (Phi) is 5.49. The first kappa shape index (κ1) is 16.7. The molecule has 118 valence electrons. The molecule has 0 bridgehead atoms. The van der Waals surface area contributed by atoms with Gasteiger partial charge in [-0.05, 0) is 37.3 Å². The van der Waals surface area contributed by atoms with Crippen LogP contribution in [0.25, 0.3) is 6.08 Å². The van der Waals surface area contributed by atoms with Crippen molar-refractivity contribution in [1.29, 1.82) is 0 Å². The van der Waals surface area contributed by atoms with E-state index < -0.39 is 4.92 Å². The number of nitrogens with zero attached hydrogens (tertiary/aromatic N) is 1. The van der Waals surface area contributed by atoms with E-state index in [1.807, 2.05) is 25.1 Å². The fourth-order valence-corrected chi connectivity index (χ4v) is 2.16. The Balaban J connectivity index is 2.26. The van der Waals surface area contributed by atoms with Gasteiger partial charge in [-0.2, -0.15) is 0 Å². The lowest BCUT2D eigenvalue weighted by molar-refractivity contribution is -0.384. The SMILES string of the molecule is CCOc1ccccc1/C=C/C(=O)c1ccc(Cl)c([N+](=O)[O-])c1. The number of para-hydroxylation sites is 1. The number of carbonyl (C=O) groups excluding carboxylic acids is 1. The van der Waals surface area contributed by atoms with E-state index in [0.29, 0.717) is 12.4 Å². The Hall–Kier alpha value is -2.66. The lowest BCUT2D eigenvalue weighted by Crippen LogP contribution is -1.98. The number of ether oxygens (including phenoxy) is 1. The van der Waals surface area contributed by atoms with Gasteiger partial charge in [-0.3, -0.25) is 14.9 Å². The van der Waals surface area contributed by atoms with Gasteiger partial charge in [0.15, 0.2) is 5.78 Å². The van der Waals surface area contributed by atoms with Crippen LogP contribution in [0.4, 0.5) is 5.69 Å². The van der Waals surface area contributed by atoms with Crippen molar-refractivity contribution in [2.24, 2.45) is 0 Å². The summed E-state index contributed by atoms with van der Waals surface area (Å²) < 4.78 is 5.47. The van der Waals surface area contributed by atoms with E-state index in [-0.39, 0.29) is 22.1 Å². The van der Waals surface area contributed by atoms with Gasteiger partial charge in [-0.25, -0.2) is 0 Å². The zero-order valence-corrected chi connectivity index (χ0v) is 13.1. The van der Waals surface area contributed by atoms with Crippen molar-refractivity contribution < 1.29 is 14.5 Å². The van der Waals surface area contributed by atoms with Crippen LogP contribution in [0, 0.1) is 10.1 Å². The lowest BCUT2D eigenvalue weighted by atomic mass is 10.1. The molecule has 2 aromatic carbocycles. The average Bonchev–Trinajstić information content (AvgIpc) is 2.54. The number of nitro benzene ring substituents is 1. The van der Waals surface area contributed by atoms with Crippen LogP contribution >= 0.6 is 11.6 Å². The molecule has 0 aliphatic heterocycles. The van der Waals surface area contributed by atoms with Crippen molar-refractivity contribution in [2.75, 3.05) is 6.61 Å². The van der Waals surface area contributed by atoms with Crippen LogP contribution < -0.4 is 4.74 Å². The molecule has 6 heteroatoms. The van der Waals surface area contributed by atoms with Crippen LogP contribution in [0.3, 0.4) is 0 Å². The summed E-state index contributed by atoms with van der Waals surface area (Å²) in [5.74, 6) is 0.317. The molecule has 0 amide bonds. The van der Waals surface area contributed by atoms with Gasteiger partial charge in [0, 0.05) is 17.2 Å². The van der Waals surface area contributed by atoms with Crippen LogP contribution in [-0.4, -0.2) is 17.3 Å². The summed E-state index contributed by atoms with van der Waals surface area (Å²) >= 11 is 5.74. The smallest absolute Gasteiger partial charge is 0.288 e. The fourth-order valence-electron chi connectivity index (χ4n) is 1.97. The third kappa shape index (κ3) is 4.17. The quantitative estimate of drug-likeness (QED) is 0.337. The molecule has 2 aromatic rings. The molecule has 23 heavy (non-hydrogen) atoms. The fraction of sp³-hybridized carbons (Fsp3) is 0.118. The molecule has 0 heterocycles. The van der Waals surface area contributed by atoms with E-state index in [9.17, 15) is 14.9 Å². The molecule has 0 atom stereocenters. The van der Waals surface area contributed by atoms with Crippen LogP contribution in [0.1, 0.15) is 22.8 Å². The largest absolute Gasteiger partial charge is 0.493 e. The Morgan fingerprint density at radius 1 is 1.30 bits per heavy atom. The highest BCUT2D eigenvalue weighted by Crippen LogP contribution is 2.26. The monoisotopic (exact) mass is 331 g/mol. The van der Waals surface area contributed by atoms with E-state index in [1.165, 1.54) is 24.3 Å².